The molecule has 82 valence electrons. The van der Waals surface area contributed by atoms with E-state index in [1.165, 1.54) is 6.08 Å². The van der Waals surface area contributed by atoms with Gasteiger partial charge in [-0.2, -0.15) is 0 Å². The lowest BCUT2D eigenvalue weighted by atomic mass is 10.5. The van der Waals surface area contributed by atoms with Gasteiger partial charge in [-0.25, -0.2) is 18.5 Å². The van der Waals surface area contributed by atoms with Crippen molar-refractivity contribution in [3.63, 3.8) is 0 Å². The second-order valence-electron chi connectivity index (χ2n) is 2.79. The topological polar surface area (TPSA) is 57.7 Å². The molecule has 0 aromatic heterocycles. The molecule has 0 atom stereocenters. The van der Waals surface area contributed by atoms with Crippen molar-refractivity contribution in [2.75, 3.05) is 13.1 Å². The number of halogens is 2. The molecule has 5 nitrogen and oxygen atoms in total. The molecular formula is C8H8F2N2O3. The molecule has 1 saturated heterocycles. The first-order chi connectivity index (χ1) is 6.99. The highest BCUT2D eigenvalue weighted by Crippen LogP contribution is 2.13. The van der Waals surface area contributed by atoms with Gasteiger partial charge in [-0.05, 0) is 0 Å². The minimum atomic E-state index is -2.85. The van der Waals surface area contributed by atoms with E-state index < -0.39 is 30.8 Å². The van der Waals surface area contributed by atoms with Crippen molar-refractivity contribution >= 4 is 17.8 Å². The van der Waals surface area contributed by atoms with Crippen molar-refractivity contribution in [2.24, 2.45) is 0 Å². The minimum absolute atomic E-state index is 0.164. The highest BCUT2D eigenvalue weighted by molar-refractivity contribution is 6.44. The van der Waals surface area contributed by atoms with Crippen molar-refractivity contribution in [1.29, 1.82) is 0 Å². The van der Waals surface area contributed by atoms with E-state index in [1.807, 2.05) is 0 Å². The molecule has 0 spiro atoms. The SMILES string of the molecule is C=CCN1C(=O)C(=O)N(CC(F)F)C1=O. The van der Waals surface area contributed by atoms with Gasteiger partial charge in [0.05, 0.1) is 6.54 Å². The number of rotatable bonds is 4. The lowest BCUT2D eigenvalue weighted by molar-refractivity contribution is -0.143. The zero-order valence-corrected chi connectivity index (χ0v) is 7.65. The molecule has 1 rings (SSSR count). The standard InChI is InChI=1S/C8H8F2N2O3/c1-2-3-11-6(13)7(14)12(8(11)15)4-5(9)10/h2,5H,1,3-4H2. The molecule has 0 aromatic carbocycles. The van der Waals surface area contributed by atoms with Crippen LogP contribution in [-0.2, 0) is 9.59 Å². The maximum atomic E-state index is 12.0. The Kier molecular flexibility index (Phi) is 3.13. The smallest absolute Gasteiger partial charge is 0.263 e. The number of nitrogens with zero attached hydrogens (tertiary/aromatic N) is 2. The number of hydrogen-bond acceptors (Lipinski definition) is 3. The lowest BCUT2D eigenvalue weighted by Crippen LogP contribution is -2.36. The Bertz CT molecular complexity index is 330. The Morgan fingerprint density at radius 1 is 1.20 bits per heavy atom. The Balaban J connectivity index is 2.85. The maximum Gasteiger partial charge on any atom is 0.334 e. The summed E-state index contributed by atoms with van der Waals surface area (Å²) in [4.78, 5) is 34.3. The highest BCUT2D eigenvalue weighted by Gasteiger charge is 2.44. The molecule has 0 radical (unpaired) electrons. The maximum absolute atomic E-state index is 12.0. The average Bonchev–Trinajstić information content (AvgIpc) is 2.35. The third-order valence-electron chi connectivity index (χ3n) is 1.77. The zero-order chi connectivity index (χ0) is 11.6. The largest absolute Gasteiger partial charge is 0.334 e. The van der Waals surface area contributed by atoms with Gasteiger partial charge in [0.15, 0.2) is 0 Å². The summed E-state index contributed by atoms with van der Waals surface area (Å²) >= 11 is 0. The van der Waals surface area contributed by atoms with Crippen LogP contribution in [0.1, 0.15) is 0 Å². The molecule has 0 aliphatic carbocycles. The molecule has 1 fully saturated rings. The quantitative estimate of drug-likeness (QED) is 0.385. The van der Waals surface area contributed by atoms with Gasteiger partial charge in [-0.3, -0.25) is 14.5 Å². The van der Waals surface area contributed by atoms with E-state index in [1.54, 1.807) is 0 Å². The molecule has 0 bridgehead atoms. The summed E-state index contributed by atoms with van der Waals surface area (Å²) in [6, 6.07) is -1.02. The third-order valence-corrected chi connectivity index (χ3v) is 1.77. The molecule has 1 aliphatic rings. The Morgan fingerprint density at radius 3 is 2.20 bits per heavy atom. The van der Waals surface area contributed by atoms with Crippen LogP contribution in [0.15, 0.2) is 12.7 Å². The summed E-state index contributed by atoms with van der Waals surface area (Å²) in [6.07, 6.45) is -1.62. The molecule has 4 amide bonds. The highest BCUT2D eigenvalue weighted by atomic mass is 19.3. The van der Waals surface area contributed by atoms with Gasteiger partial charge in [0, 0.05) is 6.54 Å². The number of urea groups is 1. The van der Waals surface area contributed by atoms with Crippen LogP contribution in [0.4, 0.5) is 13.6 Å². The predicted octanol–water partition coefficient (Wildman–Crippen LogP) is 0.228. The van der Waals surface area contributed by atoms with Crippen LogP contribution in [0.25, 0.3) is 0 Å². The van der Waals surface area contributed by atoms with Crippen LogP contribution in [-0.4, -0.2) is 47.2 Å². The molecular weight excluding hydrogens is 210 g/mol. The monoisotopic (exact) mass is 218 g/mol. The molecule has 1 aliphatic heterocycles. The van der Waals surface area contributed by atoms with Gasteiger partial charge in [-0.15, -0.1) is 6.58 Å². The van der Waals surface area contributed by atoms with Crippen molar-refractivity contribution in [3.05, 3.63) is 12.7 Å². The van der Waals surface area contributed by atoms with E-state index in [0.717, 1.165) is 0 Å². The van der Waals surface area contributed by atoms with E-state index in [-0.39, 0.29) is 11.4 Å². The molecule has 0 aromatic rings. The number of hydrogen-bond donors (Lipinski definition) is 0. The van der Waals surface area contributed by atoms with Gasteiger partial charge >= 0.3 is 17.8 Å². The van der Waals surface area contributed by atoms with Crippen molar-refractivity contribution < 1.29 is 23.2 Å². The van der Waals surface area contributed by atoms with E-state index >= 15 is 0 Å². The number of carbonyl (C=O) groups excluding carboxylic acids is 3. The number of imide groups is 2. The summed E-state index contributed by atoms with van der Waals surface area (Å²) in [6.45, 7) is 2.06. The van der Waals surface area contributed by atoms with Gasteiger partial charge in [0.2, 0.25) is 0 Å². The number of alkyl halides is 2. The Labute approximate surface area is 83.9 Å². The summed E-state index contributed by atoms with van der Waals surface area (Å²) in [5.74, 6) is -2.32. The summed E-state index contributed by atoms with van der Waals surface area (Å²) in [5, 5.41) is 0. The van der Waals surface area contributed by atoms with Gasteiger partial charge in [0.25, 0.3) is 6.43 Å². The van der Waals surface area contributed by atoms with E-state index in [9.17, 15) is 23.2 Å². The summed E-state index contributed by atoms with van der Waals surface area (Å²) < 4.78 is 24.0. The molecule has 15 heavy (non-hydrogen) atoms. The van der Waals surface area contributed by atoms with Gasteiger partial charge in [-0.1, -0.05) is 6.08 Å². The third kappa shape index (κ3) is 2.00. The number of carbonyl (C=O) groups is 3. The fraction of sp³-hybridized carbons (Fsp3) is 0.375. The summed E-state index contributed by atoms with van der Waals surface area (Å²) in [5.41, 5.74) is 0. The predicted molar refractivity (Wildman–Crippen MR) is 45.0 cm³/mol. The van der Waals surface area contributed by atoms with Crippen LogP contribution >= 0.6 is 0 Å². The first-order valence-electron chi connectivity index (χ1n) is 4.05. The van der Waals surface area contributed by atoms with Crippen molar-refractivity contribution in [2.45, 2.75) is 6.43 Å². The van der Waals surface area contributed by atoms with Crippen LogP contribution in [0.2, 0.25) is 0 Å². The van der Waals surface area contributed by atoms with E-state index in [2.05, 4.69) is 6.58 Å². The van der Waals surface area contributed by atoms with Crippen LogP contribution in [0.3, 0.4) is 0 Å². The lowest BCUT2D eigenvalue weighted by Gasteiger charge is -2.13. The van der Waals surface area contributed by atoms with Crippen molar-refractivity contribution in [3.8, 4) is 0 Å². The van der Waals surface area contributed by atoms with Gasteiger partial charge < -0.3 is 0 Å². The number of amides is 4. The Hall–Kier alpha value is -1.79. The Morgan fingerprint density at radius 2 is 1.73 bits per heavy atom. The second-order valence-corrected chi connectivity index (χ2v) is 2.79. The summed E-state index contributed by atoms with van der Waals surface area (Å²) in [7, 11) is 0. The molecule has 7 heteroatoms. The van der Waals surface area contributed by atoms with E-state index in [0.29, 0.717) is 4.90 Å². The molecule has 0 saturated carbocycles. The minimum Gasteiger partial charge on any atom is -0.263 e. The fourth-order valence-corrected chi connectivity index (χ4v) is 1.14. The average molecular weight is 218 g/mol. The first-order valence-corrected chi connectivity index (χ1v) is 4.05. The van der Waals surface area contributed by atoms with E-state index in [4.69, 9.17) is 0 Å². The van der Waals surface area contributed by atoms with Crippen LogP contribution in [0, 0.1) is 0 Å². The normalized spacial score (nSPS) is 16.9. The second kappa shape index (κ2) is 4.16. The fourth-order valence-electron chi connectivity index (χ4n) is 1.14. The zero-order valence-electron chi connectivity index (χ0n) is 7.65. The van der Waals surface area contributed by atoms with Crippen LogP contribution in [0.5, 0.6) is 0 Å². The van der Waals surface area contributed by atoms with Crippen molar-refractivity contribution in [1.82, 2.24) is 9.80 Å². The molecule has 0 unspecified atom stereocenters. The molecule has 1 heterocycles. The first kappa shape index (κ1) is 11.3. The van der Waals surface area contributed by atoms with Gasteiger partial charge in [0.1, 0.15) is 0 Å². The van der Waals surface area contributed by atoms with Crippen LogP contribution < -0.4 is 0 Å². The molecule has 0 N–H and O–H groups in total.